The van der Waals surface area contributed by atoms with Crippen molar-refractivity contribution in [2.75, 3.05) is 11.9 Å². The number of carbonyl (C=O) groups is 4. The standard InChI is InChI=1S/C25H18N4O5/c30-12-21(25(34)27-15-7-5-14-11-26-29-20(14)10-15)28-24(33)13-6-8-18-19(9-13)23(32)17-4-2-1-3-16(17)22(18)31/h1-11,21,30H,12H2,(H,26,29)(H,27,34)(H,28,33). The number of nitrogens with one attached hydrogen (secondary N) is 3. The predicted molar refractivity (Wildman–Crippen MR) is 123 cm³/mol. The molecule has 0 aliphatic heterocycles. The molecule has 1 aliphatic rings. The highest BCUT2D eigenvalue weighted by atomic mass is 16.3. The molecule has 0 saturated carbocycles. The Kier molecular flexibility index (Phi) is 5.23. The Labute approximate surface area is 192 Å². The Morgan fingerprint density at radius 2 is 1.62 bits per heavy atom. The highest BCUT2D eigenvalue weighted by molar-refractivity contribution is 6.28. The van der Waals surface area contributed by atoms with Crippen LogP contribution >= 0.6 is 0 Å². The zero-order valence-corrected chi connectivity index (χ0v) is 17.7. The van der Waals surface area contributed by atoms with Crippen molar-refractivity contribution in [2.24, 2.45) is 0 Å². The van der Waals surface area contributed by atoms with E-state index in [2.05, 4.69) is 20.8 Å². The van der Waals surface area contributed by atoms with Gasteiger partial charge in [-0.15, -0.1) is 0 Å². The second-order valence-electron chi connectivity index (χ2n) is 7.83. The van der Waals surface area contributed by atoms with Crippen molar-refractivity contribution in [3.05, 3.63) is 94.7 Å². The molecule has 3 aromatic carbocycles. The van der Waals surface area contributed by atoms with E-state index in [0.717, 1.165) is 10.9 Å². The Hall–Kier alpha value is -4.63. The average molecular weight is 454 g/mol. The molecule has 1 heterocycles. The van der Waals surface area contributed by atoms with Crippen LogP contribution in [0.1, 0.15) is 42.2 Å². The molecule has 0 radical (unpaired) electrons. The van der Waals surface area contributed by atoms with Crippen LogP contribution in [0, 0.1) is 0 Å². The summed E-state index contributed by atoms with van der Waals surface area (Å²) in [7, 11) is 0. The number of aliphatic hydroxyl groups excluding tert-OH is 1. The third-order valence-corrected chi connectivity index (χ3v) is 5.70. The normalized spacial score (nSPS) is 13.2. The lowest BCUT2D eigenvalue weighted by molar-refractivity contribution is -0.118. The summed E-state index contributed by atoms with van der Waals surface area (Å²) < 4.78 is 0. The summed E-state index contributed by atoms with van der Waals surface area (Å²) in [4.78, 5) is 51.1. The molecule has 1 atom stereocenters. The van der Waals surface area contributed by atoms with Gasteiger partial charge in [0, 0.05) is 38.9 Å². The summed E-state index contributed by atoms with van der Waals surface area (Å²) in [5.74, 6) is -1.93. The number of benzene rings is 3. The number of rotatable bonds is 5. The van der Waals surface area contributed by atoms with Crippen LogP contribution in [0.5, 0.6) is 0 Å². The van der Waals surface area contributed by atoms with E-state index < -0.39 is 24.5 Å². The lowest BCUT2D eigenvalue weighted by Crippen LogP contribution is -2.46. The number of carbonyl (C=O) groups excluding carboxylic acids is 4. The molecule has 4 N–H and O–H groups in total. The summed E-state index contributed by atoms with van der Waals surface area (Å²) >= 11 is 0. The molecule has 0 bridgehead atoms. The van der Waals surface area contributed by atoms with Crippen LogP contribution in [0.4, 0.5) is 5.69 Å². The molecule has 4 aromatic rings. The van der Waals surface area contributed by atoms with Crippen molar-refractivity contribution >= 4 is 40.0 Å². The van der Waals surface area contributed by atoms with Gasteiger partial charge in [-0.05, 0) is 36.4 Å². The van der Waals surface area contributed by atoms with Crippen molar-refractivity contribution in [3.8, 4) is 0 Å². The van der Waals surface area contributed by atoms with Crippen LogP contribution in [-0.4, -0.2) is 51.3 Å². The van der Waals surface area contributed by atoms with Crippen molar-refractivity contribution in [3.63, 3.8) is 0 Å². The molecule has 0 saturated heterocycles. The summed E-state index contributed by atoms with van der Waals surface area (Å²) in [5, 5.41) is 22.4. The number of H-pyrrole nitrogens is 1. The first kappa shape index (κ1) is 21.2. The van der Waals surface area contributed by atoms with E-state index in [1.165, 1.54) is 18.2 Å². The van der Waals surface area contributed by atoms with Crippen LogP contribution < -0.4 is 10.6 Å². The monoisotopic (exact) mass is 454 g/mol. The van der Waals surface area contributed by atoms with E-state index in [0.29, 0.717) is 11.3 Å². The minimum Gasteiger partial charge on any atom is -0.394 e. The number of nitrogens with zero attached hydrogens (tertiary/aromatic N) is 1. The Bertz CT molecular complexity index is 1490. The molecule has 2 amide bonds. The van der Waals surface area contributed by atoms with Gasteiger partial charge in [-0.1, -0.05) is 24.3 Å². The minimum atomic E-state index is -1.24. The molecule has 34 heavy (non-hydrogen) atoms. The Morgan fingerprint density at radius 1 is 0.912 bits per heavy atom. The number of hydrogen-bond acceptors (Lipinski definition) is 6. The molecular formula is C25H18N4O5. The van der Waals surface area contributed by atoms with E-state index in [9.17, 15) is 24.3 Å². The van der Waals surface area contributed by atoms with Crippen molar-refractivity contribution in [1.29, 1.82) is 0 Å². The average Bonchev–Trinajstić information content (AvgIpc) is 3.33. The quantitative estimate of drug-likeness (QED) is 0.320. The molecule has 9 heteroatoms. The van der Waals surface area contributed by atoms with Gasteiger partial charge in [0.1, 0.15) is 6.04 Å². The number of amides is 2. The first-order valence-corrected chi connectivity index (χ1v) is 10.4. The van der Waals surface area contributed by atoms with Gasteiger partial charge in [0.25, 0.3) is 5.91 Å². The van der Waals surface area contributed by atoms with Crippen molar-refractivity contribution < 1.29 is 24.3 Å². The smallest absolute Gasteiger partial charge is 0.252 e. The fourth-order valence-corrected chi connectivity index (χ4v) is 3.92. The second kappa shape index (κ2) is 8.38. The van der Waals surface area contributed by atoms with E-state index in [4.69, 9.17) is 0 Å². The fraction of sp³-hybridized carbons (Fsp3) is 0.0800. The summed E-state index contributed by atoms with van der Waals surface area (Å²) in [5.41, 5.74) is 2.20. The van der Waals surface area contributed by atoms with Gasteiger partial charge in [0.15, 0.2) is 11.6 Å². The highest BCUT2D eigenvalue weighted by Crippen LogP contribution is 2.28. The number of aliphatic hydroxyl groups is 1. The van der Waals surface area contributed by atoms with Crippen LogP contribution in [0.25, 0.3) is 10.9 Å². The molecule has 0 spiro atoms. The maximum absolute atomic E-state index is 12.9. The summed E-state index contributed by atoms with van der Waals surface area (Å²) in [6.07, 6.45) is 1.65. The summed E-state index contributed by atoms with van der Waals surface area (Å²) in [6.45, 7) is -0.639. The predicted octanol–water partition coefficient (Wildman–Crippen LogP) is 2.07. The zero-order valence-electron chi connectivity index (χ0n) is 17.7. The molecule has 1 unspecified atom stereocenters. The lowest BCUT2D eigenvalue weighted by atomic mass is 9.83. The third-order valence-electron chi connectivity index (χ3n) is 5.70. The highest BCUT2D eigenvalue weighted by Gasteiger charge is 2.30. The Morgan fingerprint density at radius 3 is 2.35 bits per heavy atom. The number of anilines is 1. The Balaban J connectivity index is 1.34. The second-order valence-corrected chi connectivity index (χ2v) is 7.83. The van der Waals surface area contributed by atoms with Gasteiger partial charge in [-0.25, -0.2) is 0 Å². The molecular weight excluding hydrogens is 436 g/mol. The first-order valence-electron chi connectivity index (χ1n) is 10.4. The molecule has 1 aliphatic carbocycles. The van der Waals surface area contributed by atoms with Crippen molar-refractivity contribution in [2.45, 2.75) is 6.04 Å². The molecule has 9 nitrogen and oxygen atoms in total. The van der Waals surface area contributed by atoms with Crippen LogP contribution in [0.15, 0.2) is 66.9 Å². The number of ketones is 2. The lowest BCUT2D eigenvalue weighted by Gasteiger charge is -2.19. The topological polar surface area (TPSA) is 141 Å². The van der Waals surface area contributed by atoms with Gasteiger partial charge >= 0.3 is 0 Å². The van der Waals surface area contributed by atoms with Crippen LogP contribution in [0.3, 0.4) is 0 Å². The van der Waals surface area contributed by atoms with Gasteiger partial charge in [-0.3, -0.25) is 24.3 Å². The maximum atomic E-state index is 12.9. The number of aromatic nitrogens is 2. The fourth-order valence-electron chi connectivity index (χ4n) is 3.92. The summed E-state index contributed by atoms with van der Waals surface area (Å²) in [6, 6.07) is 14.6. The van der Waals surface area contributed by atoms with Crippen LogP contribution in [-0.2, 0) is 4.79 Å². The van der Waals surface area contributed by atoms with Gasteiger partial charge in [0.2, 0.25) is 5.91 Å². The van der Waals surface area contributed by atoms with Gasteiger partial charge in [-0.2, -0.15) is 5.10 Å². The van der Waals surface area contributed by atoms with Gasteiger partial charge in [0.05, 0.1) is 18.3 Å². The minimum absolute atomic E-state index is 0.0874. The third kappa shape index (κ3) is 3.63. The van der Waals surface area contributed by atoms with Crippen LogP contribution in [0.2, 0.25) is 0 Å². The number of hydrogen-bond donors (Lipinski definition) is 4. The van der Waals surface area contributed by atoms with E-state index in [-0.39, 0.29) is 33.8 Å². The molecule has 1 aromatic heterocycles. The molecule has 168 valence electrons. The molecule has 5 rings (SSSR count). The van der Waals surface area contributed by atoms with Crippen molar-refractivity contribution in [1.82, 2.24) is 15.5 Å². The zero-order chi connectivity index (χ0) is 23.8. The number of fused-ring (bicyclic) bond motifs is 3. The van der Waals surface area contributed by atoms with Gasteiger partial charge < -0.3 is 15.7 Å². The molecule has 0 fully saturated rings. The maximum Gasteiger partial charge on any atom is 0.252 e. The first-order chi connectivity index (χ1) is 16.5. The largest absolute Gasteiger partial charge is 0.394 e. The number of aromatic amines is 1. The SMILES string of the molecule is O=C(NC(CO)C(=O)Nc1ccc2cn[nH]c2c1)c1ccc2c(c1)C(=O)c1ccccc1C2=O. The van der Waals surface area contributed by atoms with E-state index in [1.54, 1.807) is 48.7 Å². The van der Waals surface area contributed by atoms with E-state index >= 15 is 0 Å². The van der Waals surface area contributed by atoms with E-state index in [1.807, 2.05) is 0 Å².